The van der Waals surface area contributed by atoms with E-state index in [2.05, 4.69) is 18.0 Å². The molecule has 2 aliphatic carbocycles. The third-order valence-electron chi connectivity index (χ3n) is 11.5. The van der Waals surface area contributed by atoms with E-state index in [9.17, 15) is 30.3 Å². The maximum absolute atomic E-state index is 12.2. The Bertz CT molecular complexity index is 1190. The van der Waals surface area contributed by atoms with Gasteiger partial charge in [-0.2, -0.15) is 0 Å². The summed E-state index contributed by atoms with van der Waals surface area (Å²) in [6.07, 6.45) is 18.0. The molecule has 0 bridgehead atoms. The van der Waals surface area contributed by atoms with E-state index in [1.54, 1.807) is 18.2 Å². The van der Waals surface area contributed by atoms with E-state index in [1.807, 2.05) is 12.1 Å². The molecule has 2 aliphatic rings. The molecule has 5 atom stereocenters. The lowest BCUT2D eigenvalue weighted by Gasteiger charge is -2.39. The summed E-state index contributed by atoms with van der Waals surface area (Å²) in [6, 6.07) is 10.9. The Morgan fingerprint density at radius 3 is 2.22 bits per heavy atom. The number of rotatable bonds is 21. The molecule has 46 heavy (non-hydrogen) atoms. The molecule has 1 aromatic carbocycles. The number of H-pyrrole nitrogens is 1. The third kappa shape index (κ3) is 10.1. The molecule has 5 unspecified atom stereocenters. The smallest absolute Gasteiger partial charge is 0.309 e. The molecule has 4 rings (SSSR count). The number of aromatic amines is 1. The van der Waals surface area contributed by atoms with Crippen molar-refractivity contribution in [1.82, 2.24) is 4.98 Å². The highest BCUT2D eigenvalue weighted by atomic mass is 16.4. The van der Waals surface area contributed by atoms with Gasteiger partial charge in [-0.25, -0.2) is 0 Å². The molecule has 7 heteroatoms. The summed E-state index contributed by atoms with van der Waals surface area (Å²) < 4.78 is 0. The van der Waals surface area contributed by atoms with Crippen molar-refractivity contribution in [2.75, 3.05) is 0 Å². The zero-order valence-corrected chi connectivity index (χ0v) is 28.2. The normalized spacial score (nSPS) is 22.7. The molecule has 1 spiro atoms. The fourth-order valence-corrected chi connectivity index (χ4v) is 8.68. The number of unbranched alkanes of at least 4 members (excludes halogenated alkanes) is 7. The van der Waals surface area contributed by atoms with Gasteiger partial charge in [-0.3, -0.25) is 4.79 Å². The third-order valence-corrected chi connectivity index (χ3v) is 11.5. The molecule has 0 amide bonds. The monoisotopic (exact) mass is 638 g/mol. The lowest BCUT2D eigenvalue weighted by molar-refractivity contribution is -0.268. The van der Waals surface area contributed by atoms with Crippen LogP contribution in [0.3, 0.4) is 0 Å². The number of hydrogen-bond acceptors (Lipinski definition) is 5. The first-order valence-corrected chi connectivity index (χ1v) is 18.4. The second-order valence-corrected chi connectivity index (χ2v) is 14.8. The number of aliphatic hydroxyl groups excluding tert-OH is 2. The van der Waals surface area contributed by atoms with Gasteiger partial charge in [0.05, 0.1) is 23.7 Å². The SMILES string of the molecule is CCCCCCCC(O)CCCCCCC(C(=O)O)C(O)CCC1(O)CCC2(CCCC2)C1Cc1ccc(-c2cccc([O-])c2)[nH]1. The summed E-state index contributed by atoms with van der Waals surface area (Å²) >= 11 is 0. The van der Waals surface area contributed by atoms with Gasteiger partial charge in [0.2, 0.25) is 0 Å². The Kier molecular flexibility index (Phi) is 14.0. The molecule has 0 aliphatic heterocycles. The van der Waals surface area contributed by atoms with E-state index < -0.39 is 23.6 Å². The molecular weight excluding hydrogens is 578 g/mol. The standard InChI is InChI=1S/C39H61NO6/c1-2-3-4-5-8-15-31(41)16-9-6-7-10-18-33(37(44)45)35(43)21-24-39(46)26-25-38(22-11-12-23-38)36(39)28-30-19-20-34(40-30)29-14-13-17-32(42)27-29/h13-14,17,19-20,27,31,33,35-36,40-43,46H,2-12,15-16,18,21-26,28H2,1H3,(H,44,45)/p-1. The largest absolute Gasteiger partial charge is 0.872 e. The molecule has 2 fully saturated rings. The number of carboxylic acid groups (broad SMARTS) is 1. The van der Waals surface area contributed by atoms with Gasteiger partial charge in [-0.05, 0) is 93.2 Å². The molecule has 5 N–H and O–H groups in total. The molecular formula is C39H60NO6-. The average Bonchev–Trinajstić information content (AvgIpc) is 3.77. The second kappa shape index (κ2) is 17.7. The fourth-order valence-electron chi connectivity index (χ4n) is 8.68. The minimum Gasteiger partial charge on any atom is -0.872 e. The number of aliphatic hydroxyl groups is 3. The molecule has 2 saturated carbocycles. The summed E-state index contributed by atoms with van der Waals surface area (Å²) in [7, 11) is 0. The van der Waals surface area contributed by atoms with Crippen molar-refractivity contribution in [3.63, 3.8) is 0 Å². The number of carboxylic acids is 1. The zero-order valence-electron chi connectivity index (χ0n) is 28.2. The van der Waals surface area contributed by atoms with Crippen molar-refractivity contribution in [3.8, 4) is 17.0 Å². The zero-order chi connectivity index (χ0) is 33.0. The Morgan fingerprint density at radius 1 is 0.891 bits per heavy atom. The van der Waals surface area contributed by atoms with E-state index >= 15 is 0 Å². The fraction of sp³-hybridized carbons (Fsp3) is 0.718. The maximum Gasteiger partial charge on any atom is 0.309 e. The van der Waals surface area contributed by atoms with Gasteiger partial charge in [0.15, 0.2) is 0 Å². The highest BCUT2D eigenvalue weighted by molar-refractivity contribution is 5.70. The van der Waals surface area contributed by atoms with Crippen LogP contribution in [0.2, 0.25) is 0 Å². The Balaban J connectivity index is 1.26. The molecule has 0 radical (unpaired) electrons. The highest BCUT2D eigenvalue weighted by Crippen LogP contribution is 2.60. The van der Waals surface area contributed by atoms with Crippen LogP contribution in [0.5, 0.6) is 5.75 Å². The molecule has 258 valence electrons. The first-order chi connectivity index (χ1) is 22.2. The molecule has 1 aromatic heterocycles. The first-order valence-electron chi connectivity index (χ1n) is 18.4. The Labute approximate surface area is 276 Å². The lowest BCUT2D eigenvalue weighted by atomic mass is 9.69. The van der Waals surface area contributed by atoms with Crippen LogP contribution in [-0.2, 0) is 11.2 Å². The van der Waals surface area contributed by atoms with E-state index in [0.29, 0.717) is 25.7 Å². The van der Waals surface area contributed by atoms with Gasteiger partial charge in [0.25, 0.3) is 0 Å². The van der Waals surface area contributed by atoms with Gasteiger partial charge < -0.3 is 30.5 Å². The molecule has 0 saturated heterocycles. The van der Waals surface area contributed by atoms with E-state index in [1.165, 1.54) is 38.5 Å². The minimum absolute atomic E-state index is 0.0272. The lowest BCUT2D eigenvalue weighted by Crippen LogP contribution is -2.42. The van der Waals surface area contributed by atoms with Gasteiger partial charge in [0, 0.05) is 11.4 Å². The number of carbonyl (C=O) groups is 1. The van der Waals surface area contributed by atoms with Crippen molar-refractivity contribution in [2.45, 2.75) is 160 Å². The molecule has 2 aromatic rings. The van der Waals surface area contributed by atoms with Gasteiger partial charge in [-0.1, -0.05) is 102 Å². The summed E-state index contributed by atoms with van der Waals surface area (Å²) in [4.78, 5) is 15.7. The van der Waals surface area contributed by atoms with Crippen molar-refractivity contribution < 1.29 is 30.3 Å². The van der Waals surface area contributed by atoms with Crippen molar-refractivity contribution >= 4 is 5.97 Å². The van der Waals surface area contributed by atoms with Crippen molar-refractivity contribution in [1.29, 1.82) is 0 Å². The number of aromatic nitrogens is 1. The average molecular weight is 639 g/mol. The van der Waals surface area contributed by atoms with E-state index in [4.69, 9.17) is 0 Å². The minimum atomic E-state index is -0.992. The number of aliphatic carboxylic acids is 1. The van der Waals surface area contributed by atoms with Gasteiger partial charge in [-0.15, -0.1) is 5.75 Å². The van der Waals surface area contributed by atoms with Crippen LogP contribution >= 0.6 is 0 Å². The topological polar surface area (TPSA) is 137 Å². The van der Waals surface area contributed by atoms with Crippen molar-refractivity contribution in [3.05, 3.63) is 42.1 Å². The predicted octanol–water partition coefficient (Wildman–Crippen LogP) is 7.90. The van der Waals surface area contributed by atoms with E-state index in [0.717, 1.165) is 81.2 Å². The number of hydrogen-bond donors (Lipinski definition) is 5. The van der Waals surface area contributed by atoms with Crippen LogP contribution in [0.4, 0.5) is 0 Å². The van der Waals surface area contributed by atoms with Crippen LogP contribution in [0, 0.1) is 17.3 Å². The Morgan fingerprint density at radius 2 is 1.57 bits per heavy atom. The van der Waals surface area contributed by atoms with E-state index in [-0.39, 0.29) is 29.6 Å². The quantitative estimate of drug-likeness (QED) is 0.0882. The van der Waals surface area contributed by atoms with Crippen LogP contribution in [0.15, 0.2) is 36.4 Å². The highest BCUT2D eigenvalue weighted by Gasteiger charge is 2.56. The summed E-state index contributed by atoms with van der Waals surface area (Å²) in [6.45, 7) is 2.20. The second-order valence-electron chi connectivity index (χ2n) is 14.8. The van der Waals surface area contributed by atoms with Crippen molar-refractivity contribution in [2.24, 2.45) is 17.3 Å². The summed E-state index contributed by atoms with van der Waals surface area (Å²) in [5, 5.41) is 55.3. The predicted molar refractivity (Wildman–Crippen MR) is 181 cm³/mol. The first kappa shape index (κ1) is 36.5. The summed E-state index contributed by atoms with van der Waals surface area (Å²) in [5.74, 6) is -1.79. The van der Waals surface area contributed by atoms with Crippen LogP contribution < -0.4 is 5.11 Å². The molecule has 1 heterocycles. The summed E-state index contributed by atoms with van der Waals surface area (Å²) in [5.41, 5.74) is 1.90. The Hall–Kier alpha value is -2.35. The number of nitrogens with one attached hydrogen (secondary N) is 1. The van der Waals surface area contributed by atoms with Crippen LogP contribution in [0.1, 0.15) is 141 Å². The number of benzene rings is 1. The van der Waals surface area contributed by atoms with Gasteiger partial charge >= 0.3 is 5.97 Å². The molecule has 7 nitrogen and oxygen atoms in total. The van der Waals surface area contributed by atoms with Crippen LogP contribution in [0.25, 0.3) is 11.3 Å². The van der Waals surface area contributed by atoms with Gasteiger partial charge in [0.1, 0.15) is 0 Å². The van der Waals surface area contributed by atoms with Crippen LogP contribution in [-0.4, -0.2) is 49.2 Å². The maximum atomic E-state index is 12.2.